The van der Waals surface area contributed by atoms with E-state index in [1.807, 2.05) is 6.92 Å². The zero-order valence-electron chi connectivity index (χ0n) is 11.0. The van der Waals surface area contributed by atoms with Gasteiger partial charge in [0.25, 0.3) is 5.56 Å². The van der Waals surface area contributed by atoms with Crippen molar-refractivity contribution in [1.29, 1.82) is 0 Å². The molecule has 0 radical (unpaired) electrons. The average Bonchev–Trinajstić information content (AvgIpc) is 3.01. The van der Waals surface area contributed by atoms with Crippen molar-refractivity contribution in [3.8, 4) is 0 Å². The van der Waals surface area contributed by atoms with Crippen LogP contribution in [0.25, 0.3) is 5.52 Å². The topological polar surface area (TPSA) is 74.5 Å². The Labute approximate surface area is 110 Å². The number of nitrogens with zero attached hydrogens (tertiary/aromatic N) is 3. The van der Waals surface area contributed by atoms with Crippen LogP contribution in [-0.4, -0.2) is 33.4 Å². The van der Waals surface area contributed by atoms with Gasteiger partial charge in [-0.2, -0.15) is 5.10 Å². The summed E-state index contributed by atoms with van der Waals surface area (Å²) in [5.74, 6) is 0.342. The molecular formula is C13H18N4O2. The Morgan fingerprint density at radius 2 is 2.42 bits per heavy atom. The Kier molecular flexibility index (Phi) is 3.12. The third-order valence-electron chi connectivity index (χ3n) is 3.70. The number of aromatic nitrogens is 3. The van der Waals surface area contributed by atoms with Gasteiger partial charge in [0.15, 0.2) is 0 Å². The molecule has 0 saturated carbocycles. The van der Waals surface area contributed by atoms with Crippen molar-refractivity contribution < 1.29 is 4.74 Å². The van der Waals surface area contributed by atoms with Crippen LogP contribution >= 0.6 is 0 Å². The summed E-state index contributed by atoms with van der Waals surface area (Å²) in [6, 6.07) is 1.75. The van der Waals surface area contributed by atoms with E-state index in [2.05, 4.69) is 5.10 Å². The summed E-state index contributed by atoms with van der Waals surface area (Å²) in [6.45, 7) is 3.87. The van der Waals surface area contributed by atoms with Gasteiger partial charge in [0.1, 0.15) is 5.52 Å². The minimum atomic E-state index is -0.0494. The van der Waals surface area contributed by atoms with E-state index in [1.165, 1.54) is 0 Å². The van der Waals surface area contributed by atoms with E-state index in [0.29, 0.717) is 24.6 Å². The minimum absolute atomic E-state index is 0.0440. The largest absolute Gasteiger partial charge is 0.381 e. The molecule has 1 aliphatic heterocycles. The van der Waals surface area contributed by atoms with Crippen LogP contribution in [0, 0.1) is 12.8 Å². The highest BCUT2D eigenvalue weighted by Gasteiger charge is 2.23. The lowest BCUT2D eigenvalue weighted by atomic mass is 10.00. The van der Waals surface area contributed by atoms with Gasteiger partial charge in [-0.3, -0.25) is 4.79 Å². The number of ether oxygens (including phenoxy) is 1. The molecule has 0 aromatic carbocycles. The number of hydrogen-bond donors (Lipinski definition) is 1. The smallest absolute Gasteiger partial charge is 0.276 e. The first-order valence-electron chi connectivity index (χ1n) is 6.54. The second-order valence-electron chi connectivity index (χ2n) is 5.16. The maximum absolute atomic E-state index is 12.3. The van der Waals surface area contributed by atoms with Crippen LogP contribution in [-0.2, 0) is 11.3 Å². The summed E-state index contributed by atoms with van der Waals surface area (Å²) in [7, 11) is 0. The van der Waals surface area contributed by atoms with Crippen LogP contribution in [0.1, 0.15) is 12.1 Å². The van der Waals surface area contributed by atoms with Gasteiger partial charge in [-0.1, -0.05) is 0 Å². The molecule has 0 bridgehead atoms. The van der Waals surface area contributed by atoms with Crippen molar-refractivity contribution in [2.45, 2.75) is 25.9 Å². The lowest BCUT2D eigenvalue weighted by Gasteiger charge is -2.18. The molecule has 1 fully saturated rings. The Bertz CT molecular complexity index is 640. The number of rotatable bonds is 3. The van der Waals surface area contributed by atoms with E-state index < -0.39 is 0 Å². The highest BCUT2D eigenvalue weighted by molar-refractivity contribution is 5.44. The number of aryl methyl sites for hydroxylation is 1. The van der Waals surface area contributed by atoms with E-state index >= 15 is 0 Å². The number of hydrogen-bond acceptors (Lipinski definition) is 4. The predicted molar refractivity (Wildman–Crippen MR) is 71.1 cm³/mol. The highest BCUT2D eigenvalue weighted by Crippen LogP contribution is 2.16. The molecular weight excluding hydrogens is 244 g/mol. The van der Waals surface area contributed by atoms with Crippen molar-refractivity contribution in [1.82, 2.24) is 14.2 Å². The molecule has 1 saturated heterocycles. The summed E-state index contributed by atoms with van der Waals surface area (Å²) in [5.41, 5.74) is 7.55. The summed E-state index contributed by atoms with van der Waals surface area (Å²) in [6.07, 6.45) is 4.52. The molecule has 102 valence electrons. The molecule has 1 aliphatic rings. The minimum Gasteiger partial charge on any atom is -0.381 e. The predicted octanol–water partition coefficient (Wildman–Crippen LogP) is 0.168. The number of fused-ring (bicyclic) bond motifs is 1. The van der Waals surface area contributed by atoms with Crippen molar-refractivity contribution in [2.24, 2.45) is 11.7 Å². The monoisotopic (exact) mass is 262 g/mol. The van der Waals surface area contributed by atoms with Crippen molar-refractivity contribution >= 4 is 5.52 Å². The average molecular weight is 262 g/mol. The van der Waals surface area contributed by atoms with Gasteiger partial charge in [0, 0.05) is 37.5 Å². The quantitative estimate of drug-likeness (QED) is 0.855. The molecule has 3 heterocycles. The van der Waals surface area contributed by atoms with Crippen molar-refractivity contribution in [2.75, 3.05) is 13.2 Å². The fourth-order valence-corrected chi connectivity index (χ4v) is 2.56. The van der Waals surface area contributed by atoms with E-state index in [1.54, 1.807) is 27.5 Å². The van der Waals surface area contributed by atoms with E-state index in [-0.39, 0.29) is 11.6 Å². The highest BCUT2D eigenvalue weighted by atomic mass is 16.5. The summed E-state index contributed by atoms with van der Waals surface area (Å²) in [4.78, 5) is 12.3. The lowest BCUT2D eigenvalue weighted by Crippen LogP contribution is -2.38. The fourth-order valence-electron chi connectivity index (χ4n) is 2.56. The number of nitrogens with two attached hydrogens (primary N) is 1. The molecule has 2 aromatic heterocycles. The Morgan fingerprint density at radius 3 is 3.16 bits per heavy atom. The summed E-state index contributed by atoms with van der Waals surface area (Å²) >= 11 is 0. The molecule has 6 heteroatoms. The molecule has 2 unspecified atom stereocenters. The SMILES string of the molecule is Cc1cc2c(=O)n(CC(N)C3CCOC3)ccn2n1. The van der Waals surface area contributed by atoms with Crippen LogP contribution in [0.5, 0.6) is 0 Å². The summed E-state index contributed by atoms with van der Waals surface area (Å²) in [5, 5.41) is 4.22. The molecule has 2 aromatic rings. The second kappa shape index (κ2) is 4.79. The molecule has 19 heavy (non-hydrogen) atoms. The molecule has 0 amide bonds. The summed E-state index contributed by atoms with van der Waals surface area (Å²) < 4.78 is 8.61. The van der Waals surface area contributed by atoms with E-state index in [4.69, 9.17) is 10.5 Å². The Balaban J connectivity index is 1.88. The zero-order valence-corrected chi connectivity index (χ0v) is 11.0. The van der Waals surface area contributed by atoms with Gasteiger partial charge in [-0.25, -0.2) is 4.52 Å². The normalized spacial score (nSPS) is 21.1. The van der Waals surface area contributed by atoms with Crippen molar-refractivity contribution in [3.63, 3.8) is 0 Å². The van der Waals surface area contributed by atoms with E-state index in [0.717, 1.165) is 18.7 Å². The van der Waals surface area contributed by atoms with E-state index in [9.17, 15) is 4.79 Å². The van der Waals surface area contributed by atoms with Gasteiger partial charge in [-0.15, -0.1) is 0 Å². The first-order valence-corrected chi connectivity index (χ1v) is 6.54. The molecule has 3 rings (SSSR count). The maximum atomic E-state index is 12.3. The fraction of sp³-hybridized carbons (Fsp3) is 0.538. The molecule has 6 nitrogen and oxygen atoms in total. The first-order chi connectivity index (χ1) is 9.15. The van der Waals surface area contributed by atoms with Gasteiger partial charge < -0.3 is 15.0 Å². The van der Waals surface area contributed by atoms with Crippen LogP contribution in [0.3, 0.4) is 0 Å². The molecule has 0 aliphatic carbocycles. The van der Waals surface area contributed by atoms with Crippen LogP contribution in [0.4, 0.5) is 0 Å². The lowest BCUT2D eigenvalue weighted by molar-refractivity contribution is 0.178. The zero-order chi connectivity index (χ0) is 13.4. The van der Waals surface area contributed by atoms with Crippen LogP contribution in [0.15, 0.2) is 23.3 Å². The molecule has 2 atom stereocenters. The van der Waals surface area contributed by atoms with Gasteiger partial charge in [-0.05, 0) is 19.4 Å². The Morgan fingerprint density at radius 1 is 1.58 bits per heavy atom. The Hall–Kier alpha value is -1.66. The first kappa shape index (κ1) is 12.4. The van der Waals surface area contributed by atoms with Crippen LogP contribution in [0.2, 0.25) is 0 Å². The van der Waals surface area contributed by atoms with Gasteiger partial charge >= 0.3 is 0 Å². The van der Waals surface area contributed by atoms with Gasteiger partial charge in [0.2, 0.25) is 0 Å². The second-order valence-corrected chi connectivity index (χ2v) is 5.16. The third-order valence-corrected chi connectivity index (χ3v) is 3.70. The molecule has 2 N–H and O–H groups in total. The maximum Gasteiger partial charge on any atom is 0.276 e. The van der Waals surface area contributed by atoms with Crippen LogP contribution < -0.4 is 11.3 Å². The van der Waals surface area contributed by atoms with Crippen molar-refractivity contribution in [3.05, 3.63) is 34.5 Å². The molecule has 0 spiro atoms. The third kappa shape index (κ3) is 2.29. The van der Waals surface area contributed by atoms with Gasteiger partial charge in [0.05, 0.1) is 12.3 Å². The standard InChI is InChI=1S/C13H18N4O2/c1-9-6-12-13(18)16(3-4-17(12)15-9)7-11(14)10-2-5-19-8-10/h3-4,6,10-11H,2,5,7-8,14H2,1H3.